The van der Waals surface area contributed by atoms with E-state index in [0.717, 1.165) is 17.3 Å². The summed E-state index contributed by atoms with van der Waals surface area (Å²) < 4.78 is 59.9. The first-order valence-electron chi connectivity index (χ1n) is 19.9. The van der Waals surface area contributed by atoms with Gasteiger partial charge in [0, 0.05) is 51.6 Å². The van der Waals surface area contributed by atoms with Gasteiger partial charge in [-0.25, -0.2) is 56.8 Å². The van der Waals surface area contributed by atoms with Gasteiger partial charge in [-0.15, -0.1) is 11.3 Å². The number of fused-ring (bicyclic) bond motifs is 4. The summed E-state index contributed by atoms with van der Waals surface area (Å²) in [5.74, 6) is -1.09. The molecule has 4 N–H and O–H groups in total. The number of nitrogen functional groups attached to an aromatic ring is 2. The fourth-order valence-corrected chi connectivity index (χ4v) is 9.13. The highest BCUT2D eigenvalue weighted by Gasteiger charge is 2.26. The Kier molecular flexibility index (Phi) is 10.9. The van der Waals surface area contributed by atoms with Crippen molar-refractivity contribution in [3.05, 3.63) is 148 Å². The van der Waals surface area contributed by atoms with Crippen LogP contribution in [0.5, 0.6) is 0 Å². The number of halogens is 5. The molecule has 0 aliphatic heterocycles. The van der Waals surface area contributed by atoms with E-state index in [9.17, 15) is 17.6 Å². The van der Waals surface area contributed by atoms with Gasteiger partial charge in [-0.3, -0.25) is 15.0 Å². The van der Waals surface area contributed by atoms with Crippen LogP contribution < -0.4 is 11.5 Å². The minimum absolute atomic E-state index is 0.299. The summed E-state index contributed by atoms with van der Waals surface area (Å²) in [5, 5.41) is 11.9. The molecule has 2 atom stereocenters. The zero-order valence-electron chi connectivity index (χ0n) is 34.3. The molecular formula is C45H30F4IN15S. The van der Waals surface area contributed by atoms with Crippen molar-refractivity contribution in [3.63, 3.8) is 0 Å². The quantitative estimate of drug-likeness (QED) is 0.113. The van der Waals surface area contributed by atoms with Crippen LogP contribution in [0.4, 0.5) is 29.2 Å². The molecule has 9 aromatic heterocycles. The number of nitrogens with two attached hydrogens (primary N) is 2. The van der Waals surface area contributed by atoms with Crippen molar-refractivity contribution in [2.45, 2.75) is 25.9 Å². The summed E-state index contributed by atoms with van der Waals surface area (Å²) in [6.07, 6.45) is 9.82. The van der Waals surface area contributed by atoms with Crippen LogP contribution in [-0.4, -0.2) is 64.4 Å². The number of hydrogen-bond acceptors (Lipinski definition) is 14. The van der Waals surface area contributed by atoms with Crippen molar-refractivity contribution in [2.24, 2.45) is 0 Å². The van der Waals surface area contributed by atoms with Crippen LogP contribution in [-0.2, 0) is 0 Å². The van der Waals surface area contributed by atoms with E-state index in [1.807, 2.05) is 13.8 Å². The molecule has 0 aliphatic rings. The molecule has 0 saturated carbocycles. The SMILES string of the molecule is CC(c1nc2ccc(F)cc2cc1-c1cncc(F)c1)n1nc(-c2cncs2)c2c(N)ncnc21.CC(c1nc2ccc(F)cc2cc1-c1cncc(F)c1)n1nc(I)c2c(N)ncnc21. The van der Waals surface area contributed by atoms with Gasteiger partial charge in [-0.1, -0.05) is 0 Å². The largest absolute Gasteiger partial charge is 0.383 e. The first kappa shape index (κ1) is 42.3. The van der Waals surface area contributed by atoms with Gasteiger partial charge in [0.15, 0.2) is 11.3 Å². The third-order valence-electron chi connectivity index (χ3n) is 10.8. The van der Waals surface area contributed by atoms with Gasteiger partial charge in [0.1, 0.15) is 57.0 Å². The highest BCUT2D eigenvalue weighted by molar-refractivity contribution is 14.1. The van der Waals surface area contributed by atoms with Crippen molar-refractivity contribution < 1.29 is 17.6 Å². The molecule has 11 rings (SSSR count). The van der Waals surface area contributed by atoms with Crippen LogP contribution in [0.25, 0.3) is 76.7 Å². The second-order valence-electron chi connectivity index (χ2n) is 15.0. The predicted octanol–water partition coefficient (Wildman–Crippen LogP) is 9.54. The van der Waals surface area contributed by atoms with E-state index in [1.165, 1.54) is 60.4 Å². The number of rotatable bonds is 7. The van der Waals surface area contributed by atoms with E-state index in [2.05, 4.69) is 62.6 Å². The molecule has 2 unspecified atom stereocenters. The second kappa shape index (κ2) is 17.0. The monoisotopic (exact) mass is 1020 g/mol. The third-order valence-corrected chi connectivity index (χ3v) is 12.4. The Bertz CT molecular complexity index is 3660. The molecule has 0 fully saturated rings. The van der Waals surface area contributed by atoms with Gasteiger partial charge in [0.2, 0.25) is 0 Å². The first-order chi connectivity index (χ1) is 31.9. The van der Waals surface area contributed by atoms with Crippen molar-refractivity contribution in [1.82, 2.24) is 64.4 Å². The van der Waals surface area contributed by atoms with Crippen molar-refractivity contribution in [2.75, 3.05) is 11.5 Å². The molecule has 2 aromatic carbocycles. The topological polar surface area (TPSA) is 204 Å². The first-order valence-corrected chi connectivity index (χ1v) is 21.8. The Labute approximate surface area is 387 Å². The minimum atomic E-state index is -0.488. The van der Waals surface area contributed by atoms with E-state index in [0.29, 0.717) is 98.5 Å². The van der Waals surface area contributed by atoms with Crippen LogP contribution in [0.15, 0.2) is 110 Å². The summed E-state index contributed by atoms with van der Waals surface area (Å²) in [6, 6.07) is 14.2. The Morgan fingerprint density at radius 1 is 0.576 bits per heavy atom. The normalized spacial score (nSPS) is 12.5. The van der Waals surface area contributed by atoms with E-state index >= 15 is 0 Å². The standard InChI is InChI=1S/C24H16F2N8S.C21H14F2IN7/c1-12(34-24-20(23(27)30-10-31-24)22(33-34)19-9-29-11-35-19)21-17(14-5-16(26)8-28-7-14)6-13-4-15(25)2-3-18(13)32-21;1-10(31-21-17(19(24)30-31)20(25)27-9-28-21)18-15(12-5-14(23)8-26-7-12)6-11-4-13(22)2-3-16(11)29-18/h2-12H,1H3,(H2,27,30,31);2-10H,1H3,(H2,25,27,28). The molecule has 326 valence electrons. The molecule has 66 heavy (non-hydrogen) atoms. The predicted molar refractivity (Wildman–Crippen MR) is 251 cm³/mol. The zero-order valence-corrected chi connectivity index (χ0v) is 37.3. The number of nitrogens with zero attached hydrogens (tertiary/aromatic N) is 13. The summed E-state index contributed by atoms with van der Waals surface area (Å²) >= 11 is 3.51. The lowest BCUT2D eigenvalue weighted by atomic mass is 9.99. The second-order valence-corrected chi connectivity index (χ2v) is 16.9. The van der Waals surface area contributed by atoms with Gasteiger partial charge in [-0.2, -0.15) is 10.2 Å². The Balaban J connectivity index is 0.000000156. The van der Waals surface area contributed by atoms with Crippen LogP contribution in [0, 0.1) is 27.0 Å². The van der Waals surface area contributed by atoms with Crippen molar-refractivity contribution in [1.29, 1.82) is 0 Å². The van der Waals surface area contributed by atoms with E-state index in [1.54, 1.807) is 57.7 Å². The fourth-order valence-electron chi connectivity index (χ4n) is 7.77. The summed E-state index contributed by atoms with van der Waals surface area (Å²) in [4.78, 5) is 39.5. The molecule has 0 radical (unpaired) electrons. The number of hydrogen-bond donors (Lipinski definition) is 2. The number of thiazole rings is 1. The summed E-state index contributed by atoms with van der Waals surface area (Å²) in [7, 11) is 0. The molecule has 21 heteroatoms. The maximum atomic E-state index is 14.1. The summed E-state index contributed by atoms with van der Waals surface area (Å²) in [5.41, 5.74) is 20.3. The summed E-state index contributed by atoms with van der Waals surface area (Å²) in [6.45, 7) is 3.82. The van der Waals surface area contributed by atoms with Gasteiger partial charge in [0.05, 0.1) is 68.1 Å². The Morgan fingerprint density at radius 3 is 1.61 bits per heavy atom. The molecule has 0 aliphatic carbocycles. The van der Waals surface area contributed by atoms with E-state index in [-0.39, 0.29) is 11.6 Å². The van der Waals surface area contributed by atoms with Crippen molar-refractivity contribution >= 4 is 89.4 Å². The number of pyridine rings is 4. The molecule has 11 aromatic rings. The molecular weight excluding hydrogens is 986 g/mol. The number of benzene rings is 2. The van der Waals surface area contributed by atoms with Crippen LogP contribution >= 0.6 is 33.9 Å². The Hall–Kier alpha value is -7.66. The van der Waals surface area contributed by atoms with Crippen LogP contribution in [0.2, 0.25) is 0 Å². The smallest absolute Gasteiger partial charge is 0.165 e. The van der Waals surface area contributed by atoms with Gasteiger partial charge < -0.3 is 11.5 Å². The van der Waals surface area contributed by atoms with Gasteiger partial charge in [-0.05, 0) is 97.1 Å². The maximum Gasteiger partial charge on any atom is 0.165 e. The highest BCUT2D eigenvalue weighted by Crippen LogP contribution is 2.38. The number of anilines is 2. The van der Waals surface area contributed by atoms with Crippen LogP contribution in [0.1, 0.15) is 37.3 Å². The maximum absolute atomic E-state index is 14.1. The average Bonchev–Trinajstić information content (AvgIpc) is 4.07. The molecule has 0 spiro atoms. The van der Waals surface area contributed by atoms with Crippen LogP contribution in [0.3, 0.4) is 0 Å². The average molecular weight is 1020 g/mol. The third kappa shape index (κ3) is 7.74. The lowest BCUT2D eigenvalue weighted by molar-refractivity contribution is 0.564. The van der Waals surface area contributed by atoms with Gasteiger partial charge >= 0.3 is 0 Å². The van der Waals surface area contributed by atoms with Crippen molar-refractivity contribution in [3.8, 4) is 32.8 Å². The molecule has 0 amide bonds. The minimum Gasteiger partial charge on any atom is -0.383 e. The number of aromatic nitrogens is 13. The molecule has 15 nitrogen and oxygen atoms in total. The fraction of sp³-hybridized carbons (Fsp3) is 0.0889. The highest BCUT2D eigenvalue weighted by atomic mass is 127. The van der Waals surface area contributed by atoms with Gasteiger partial charge in [0.25, 0.3) is 0 Å². The molecule has 9 heterocycles. The van der Waals surface area contributed by atoms with E-state index in [4.69, 9.17) is 26.5 Å². The lowest BCUT2D eigenvalue weighted by Crippen LogP contribution is -2.13. The molecule has 0 saturated heterocycles. The Morgan fingerprint density at radius 2 is 1.09 bits per heavy atom. The molecule has 0 bridgehead atoms. The zero-order chi connectivity index (χ0) is 45.8. The van der Waals surface area contributed by atoms with E-state index < -0.39 is 23.7 Å². The lowest BCUT2D eigenvalue weighted by Gasteiger charge is -2.18.